The van der Waals surface area contributed by atoms with Gasteiger partial charge in [0.1, 0.15) is 0 Å². The zero-order valence-electron chi connectivity index (χ0n) is 11.9. The minimum absolute atomic E-state index is 0.0517. The molecule has 6 nitrogen and oxygen atoms in total. The number of hydrogen-bond acceptors (Lipinski definition) is 3. The minimum Gasteiger partial charge on any atom is -0.481 e. The van der Waals surface area contributed by atoms with Crippen LogP contribution in [0.4, 0.5) is 4.79 Å². The Bertz CT molecular complexity index is 316. The molecule has 0 spiro atoms. The first-order chi connectivity index (χ1) is 8.95. The van der Waals surface area contributed by atoms with Gasteiger partial charge in [0.05, 0.1) is 18.1 Å². The maximum atomic E-state index is 12.1. The Morgan fingerprint density at radius 2 is 2.16 bits per heavy atom. The highest BCUT2D eigenvalue weighted by Crippen LogP contribution is 2.15. The summed E-state index contributed by atoms with van der Waals surface area (Å²) in [6.07, 6.45) is 2.05. The molecule has 2 amide bonds. The van der Waals surface area contributed by atoms with Crippen LogP contribution in [0.25, 0.3) is 0 Å². The lowest BCUT2D eigenvalue weighted by molar-refractivity contribution is -0.141. The van der Waals surface area contributed by atoms with Gasteiger partial charge in [-0.2, -0.15) is 0 Å². The number of nitrogens with one attached hydrogen (secondary N) is 1. The van der Waals surface area contributed by atoms with E-state index in [1.54, 1.807) is 6.92 Å². The number of hydrogen-bond donors (Lipinski definition) is 2. The van der Waals surface area contributed by atoms with Crippen LogP contribution in [0.2, 0.25) is 0 Å². The Hall–Kier alpha value is -1.30. The largest absolute Gasteiger partial charge is 0.481 e. The zero-order valence-corrected chi connectivity index (χ0v) is 11.9. The topological polar surface area (TPSA) is 78.9 Å². The SMILES string of the molecule is CCN(CC(C)C(=O)O)C(=O)NC(C)C1CCCO1. The predicted octanol–water partition coefficient (Wildman–Crippen LogP) is 1.31. The molecule has 1 aliphatic rings. The molecule has 19 heavy (non-hydrogen) atoms. The second-order valence-electron chi connectivity index (χ2n) is 5.07. The molecular weight excluding hydrogens is 248 g/mol. The second-order valence-corrected chi connectivity index (χ2v) is 5.07. The van der Waals surface area contributed by atoms with Crippen LogP contribution in [0.5, 0.6) is 0 Å². The van der Waals surface area contributed by atoms with Gasteiger partial charge in [-0.3, -0.25) is 4.79 Å². The number of nitrogens with zero attached hydrogens (tertiary/aromatic N) is 1. The maximum absolute atomic E-state index is 12.1. The first-order valence-electron chi connectivity index (χ1n) is 6.85. The highest BCUT2D eigenvalue weighted by atomic mass is 16.5. The van der Waals surface area contributed by atoms with Crippen molar-refractivity contribution in [2.24, 2.45) is 5.92 Å². The fourth-order valence-corrected chi connectivity index (χ4v) is 2.14. The summed E-state index contributed by atoms with van der Waals surface area (Å²) in [6, 6.07) is -0.275. The van der Waals surface area contributed by atoms with Crippen molar-refractivity contribution < 1.29 is 19.4 Å². The van der Waals surface area contributed by atoms with Gasteiger partial charge in [-0.1, -0.05) is 6.92 Å². The Labute approximate surface area is 114 Å². The molecule has 0 aromatic heterocycles. The molecule has 2 N–H and O–H groups in total. The number of ether oxygens (including phenoxy) is 1. The van der Waals surface area contributed by atoms with Gasteiger partial charge in [-0.25, -0.2) is 4.79 Å². The average Bonchev–Trinajstić information content (AvgIpc) is 2.88. The van der Waals surface area contributed by atoms with Gasteiger partial charge >= 0.3 is 12.0 Å². The van der Waals surface area contributed by atoms with E-state index in [1.807, 2.05) is 13.8 Å². The van der Waals surface area contributed by atoms with Crippen LogP contribution in [-0.4, -0.2) is 53.8 Å². The molecule has 1 rings (SSSR count). The van der Waals surface area contributed by atoms with E-state index < -0.39 is 11.9 Å². The number of carbonyl (C=O) groups excluding carboxylic acids is 1. The molecule has 1 heterocycles. The first kappa shape index (κ1) is 15.8. The molecule has 0 saturated carbocycles. The summed E-state index contributed by atoms with van der Waals surface area (Å²) in [6.45, 7) is 6.81. The molecule has 6 heteroatoms. The first-order valence-corrected chi connectivity index (χ1v) is 6.85. The van der Waals surface area contributed by atoms with Crippen molar-refractivity contribution in [3.8, 4) is 0 Å². The van der Waals surface area contributed by atoms with Crippen molar-refractivity contribution in [3.05, 3.63) is 0 Å². The van der Waals surface area contributed by atoms with E-state index in [-0.39, 0.29) is 24.7 Å². The van der Waals surface area contributed by atoms with E-state index in [1.165, 1.54) is 4.90 Å². The lowest BCUT2D eigenvalue weighted by Crippen LogP contribution is -2.49. The van der Waals surface area contributed by atoms with Gasteiger partial charge < -0.3 is 20.1 Å². The summed E-state index contributed by atoms with van der Waals surface area (Å²) < 4.78 is 5.52. The summed E-state index contributed by atoms with van der Waals surface area (Å²) in [4.78, 5) is 24.4. The Balaban J connectivity index is 2.46. The van der Waals surface area contributed by atoms with E-state index in [9.17, 15) is 9.59 Å². The molecule has 1 aliphatic heterocycles. The minimum atomic E-state index is -0.890. The molecular formula is C13H24N2O4. The van der Waals surface area contributed by atoms with Crippen molar-refractivity contribution in [1.29, 1.82) is 0 Å². The third-order valence-electron chi connectivity index (χ3n) is 3.46. The molecule has 3 atom stereocenters. The standard InChI is InChI=1S/C13H24N2O4/c1-4-15(8-9(2)12(16)17)13(18)14-10(3)11-6-5-7-19-11/h9-11H,4-8H2,1-3H3,(H,14,18)(H,16,17). The van der Waals surface area contributed by atoms with E-state index in [4.69, 9.17) is 9.84 Å². The second kappa shape index (κ2) is 7.33. The van der Waals surface area contributed by atoms with Crippen molar-refractivity contribution in [2.75, 3.05) is 19.7 Å². The summed E-state index contributed by atoms with van der Waals surface area (Å²) in [7, 11) is 0. The van der Waals surface area contributed by atoms with Crippen LogP contribution in [0.1, 0.15) is 33.6 Å². The Kier molecular flexibility index (Phi) is 6.08. The summed E-state index contributed by atoms with van der Waals surface area (Å²) in [5.74, 6) is -1.46. The van der Waals surface area contributed by atoms with Gasteiger partial charge in [0.15, 0.2) is 0 Å². The quantitative estimate of drug-likeness (QED) is 0.764. The van der Waals surface area contributed by atoms with Crippen LogP contribution in [0, 0.1) is 5.92 Å². The van der Waals surface area contributed by atoms with Crippen LogP contribution in [0.3, 0.4) is 0 Å². The van der Waals surface area contributed by atoms with Crippen molar-refractivity contribution in [2.45, 2.75) is 45.8 Å². The summed E-state index contributed by atoms with van der Waals surface area (Å²) in [5.41, 5.74) is 0. The van der Waals surface area contributed by atoms with Crippen molar-refractivity contribution in [1.82, 2.24) is 10.2 Å². The highest BCUT2D eigenvalue weighted by Gasteiger charge is 2.26. The van der Waals surface area contributed by atoms with Gasteiger partial charge in [-0.05, 0) is 26.7 Å². The Morgan fingerprint density at radius 3 is 2.63 bits per heavy atom. The number of amides is 2. The molecule has 110 valence electrons. The summed E-state index contributed by atoms with van der Waals surface area (Å²) >= 11 is 0. The molecule has 0 radical (unpaired) electrons. The van der Waals surface area contributed by atoms with Crippen LogP contribution >= 0.6 is 0 Å². The van der Waals surface area contributed by atoms with E-state index in [2.05, 4.69) is 5.32 Å². The lowest BCUT2D eigenvalue weighted by Gasteiger charge is -2.27. The lowest BCUT2D eigenvalue weighted by atomic mass is 10.1. The fraction of sp³-hybridized carbons (Fsp3) is 0.846. The predicted molar refractivity (Wildman–Crippen MR) is 71.0 cm³/mol. The number of carboxylic acid groups (broad SMARTS) is 1. The van der Waals surface area contributed by atoms with Crippen LogP contribution < -0.4 is 5.32 Å². The maximum Gasteiger partial charge on any atom is 0.317 e. The Morgan fingerprint density at radius 1 is 1.47 bits per heavy atom. The van der Waals surface area contributed by atoms with E-state index in [0.717, 1.165) is 19.4 Å². The molecule has 0 aliphatic carbocycles. The van der Waals surface area contributed by atoms with Crippen LogP contribution in [0.15, 0.2) is 0 Å². The third kappa shape index (κ3) is 4.70. The van der Waals surface area contributed by atoms with Gasteiger partial charge in [-0.15, -0.1) is 0 Å². The molecule has 3 unspecified atom stereocenters. The van der Waals surface area contributed by atoms with Gasteiger partial charge in [0.25, 0.3) is 0 Å². The number of rotatable bonds is 6. The number of aliphatic carboxylic acids is 1. The molecule has 1 saturated heterocycles. The number of carbonyl (C=O) groups is 2. The summed E-state index contributed by atoms with van der Waals surface area (Å²) in [5, 5.41) is 11.8. The molecule has 0 bridgehead atoms. The van der Waals surface area contributed by atoms with Crippen LogP contribution in [-0.2, 0) is 9.53 Å². The molecule has 1 fully saturated rings. The highest BCUT2D eigenvalue weighted by molar-refractivity contribution is 5.76. The average molecular weight is 272 g/mol. The monoisotopic (exact) mass is 272 g/mol. The number of carboxylic acids is 1. The fourth-order valence-electron chi connectivity index (χ4n) is 2.14. The van der Waals surface area contributed by atoms with Crippen molar-refractivity contribution in [3.63, 3.8) is 0 Å². The van der Waals surface area contributed by atoms with Gasteiger partial charge in [0.2, 0.25) is 0 Å². The molecule has 0 aromatic rings. The number of urea groups is 1. The zero-order chi connectivity index (χ0) is 14.4. The van der Waals surface area contributed by atoms with Crippen molar-refractivity contribution >= 4 is 12.0 Å². The van der Waals surface area contributed by atoms with E-state index >= 15 is 0 Å². The van der Waals surface area contributed by atoms with E-state index in [0.29, 0.717) is 6.54 Å². The molecule has 0 aromatic carbocycles. The third-order valence-corrected chi connectivity index (χ3v) is 3.46. The smallest absolute Gasteiger partial charge is 0.317 e. The normalized spacial score (nSPS) is 21.7. The van der Waals surface area contributed by atoms with Gasteiger partial charge in [0, 0.05) is 19.7 Å².